The van der Waals surface area contributed by atoms with E-state index in [1.165, 1.54) is 13.8 Å². The number of aliphatic carboxylic acids is 1. The van der Waals surface area contributed by atoms with Crippen molar-refractivity contribution < 1.29 is 72.2 Å². The van der Waals surface area contributed by atoms with Crippen LogP contribution in [0, 0.1) is 17.8 Å². The van der Waals surface area contributed by atoms with Gasteiger partial charge in [0.05, 0.1) is 32.1 Å². The highest BCUT2D eigenvalue weighted by Crippen LogP contribution is 2.20. The summed E-state index contributed by atoms with van der Waals surface area (Å²) in [5.41, 5.74) is 20.1. The number of amides is 13. The number of para-hydroxylation sites is 1. The lowest BCUT2D eigenvalue weighted by atomic mass is 9.96. The van der Waals surface area contributed by atoms with E-state index in [9.17, 15) is 72.2 Å². The van der Waals surface area contributed by atoms with E-state index < -0.39 is 181 Å². The Hall–Kier alpha value is -10.3. The van der Waals surface area contributed by atoms with Crippen LogP contribution in [0.3, 0.4) is 0 Å². The Morgan fingerprint density at radius 1 is 0.440 bits per heavy atom. The van der Waals surface area contributed by atoms with E-state index in [0.717, 1.165) is 16.5 Å². The minimum absolute atomic E-state index is 0.0461. The van der Waals surface area contributed by atoms with E-state index in [-0.39, 0.29) is 44.6 Å². The summed E-state index contributed by atoms with van der Waals surface area (Å²) in [6.07, 6.45) is 2.69. The molecule has 0 saturated carbocycles. The fourth-order valence-corrected chi connectivity index (χ4v) is 10.4. The van der Waals surface area contributed by atoms with Crippen molar-refractivity contribution in [3.05, 3.63) is 108 Å². The number of hydrogen-bond donors (Lipinski definition) is 17. The molecule has 100 heavy (non-hydrogen) atoms. The van der Waals surface area contributed by atoms with E-state index >= 15 is 0 Å². The molecule has 0 spiro atoms. The van der Waals surface area contributed by atoms with Gasteiger partial charge in [-0.1, -0.05) is 140 Å². The van der Waals surface area contributed by atoms with Gasteiger partial charge >= 0.3 is 5.97 Å². The van der Waals surface area contributed by atoms with E-state index in [1.54, 1.807) is 119 Å². The third kappa shape index (κ3) is 27.2. The first-order chi connectivity index (χ1) is 47.5. The predicted octanol–water partition coefficient (Wildman–Crippen LogP) is -1.50. The Balaban J connectivity index is 1.38. The molecule has 0 unspecified atom stereocenters. The Kier molecular flexibility index (Phi) is 34.4. The summed E-state index contributed by atoms with van der Waals surface area (Å²) in [6, 6.07) is 11.6. The van der Waals surface area contributed by atoms with Crippen molar-refractivity contribution >= 4 is 93.7 Å². The first kappa shape index (κ1) is 82.1. The summed E-state index contributed by atoms with van der Waals surface area (Å²) in [5.74, 6) is -13.4. The number of hydrogen-bond acceptors (Lipinski definition) is 16. The fourth-order valence-electron chi connectivity index (χ4n) is 10.4. The van der Waals surface area contributed by atoms with Crippen molar-refractivity contribution in [2.75, 3.05) is 26.2 Å². The zero-order valence-electron chi connectivity index (χ0n) is 58.0. The minimum atomic E-state index is -1.68. The molecule has 31 heteroatoms. The van der Waals surface area contributed by atoms with Crippen molar-refractivity contribution in [3.8, 4) is 0 Å². The van der Waals surface area contributed by atoms with Crippen molar-refractivity contribution in [2.24, 2.45) is 35.0 Å². The highest BCUT2D eigenvalue weighted by Gasteiger charge is 2.36. The molecular formula is C69H100N16O15. The van der Waals surface area contributed by atoms with E-state index in [2.05, 4.69) is 68.8 Å². The number of nitrogens with one attached hydrogen (secondary N) is 13. The monoisotopic (exact) mass is 1390 g/mol. The maximum atomic E-state index is 14.4. The normalized spacial score (nSPS) is 15.0. The Morgan fingerprint density at radius 2 is 0.880 bits per heavy atom. The zero-order chi connectivity index (χ0) is 74.2. The van der Waals surface area contributed by atoms with Gasteiger partial charge in [0.15, 0.2) is 0 Å². The second-order valence-electron chi connectivity index (χ2n) is 25.0. The number of fused-ring (bicyclic) bond motifs is 1. The molecule has 20 N–H and O–H groups in total. The number of aromatic amines is 1. The number of unbranched alkanes of at least 4 members (excludes halogenated alkanes) is 1. The largest absolute Gasteiger partial charge is 0.480 e. The molecule has 0 radical (unpaired) electrons. The summed E-state index contributed by atoms with van der Waals surface area (Å²) in [4.78, 5) is 191. The molecule has 13 atom stereocenters. The molecule has 0 bridgehead atoms. The van der Waals surface area contributed by atoms with Crippen LogP contribution >= 0.6 is 0 Å². The van der Waals surface area contributed by atoms with Crippen molar-refractivity contribution in [1.82, 2.24) is 68.8 Å². The molecule has 4 rings (SSSR count). The van der Waals surface area contributed by atoms with Gasteiger partial charge in [0, 0.05) is 36.4 Å². The molecule has 4 aromatic rings. The van der Waals surface area contributed by atoms with Gasteiger partial charge in [-0.3, -0.25) is 62.3 Å². The number of aromatic nitrogens is 1. The van der Waals surface area contributed by atoms with Gasteiger partial charge in [0.25, 0.3) is 0 Å². The number of carboxylic acids is 1. The van der Waals surface area contributed by atoms with Crippen molar-refractivity contribution in [3.63, 3.8) is 0 Å². The SMILES string of the molecule is CC[C@H](C)[C@H](N)C(=O)N[C@@H](Cc1ccccc1)C(=O)NCC(=O)N[C@@H](C)C(=O)N[C@H](C(=O)N[C@@H](C)C(=O)NCC(=O)N[C@@H](Cc1ccccc1)C(=O)N[C@H](C(=O)N[C@@H](CCCCN)C(=O)N[C@@H](CC(N)=O)C(=O)NCC(=O)N[C@@H](Cc1c[nH]c2ccccc12)C(=O)O)[C@@H](C)CC)[C@@H](C)CC. The number of H-pyrrole nitrogens is 1. The van der Waals surface area contributed by atoms with E-state index in [4.69, 9.17) is 17.2 Å². The number of rotatable bonds is 43. The molecule has 31 nitrogen and oxygen atoms in total. The summed E-state index contributed by atoms with van der Waals surface area (Å²) in [6.45, 7) is 11.4. The minimum Gasteiger partial charge on any atom is -0.480 e. The quantitative estimate of drug-likeness (QED) is 0.0224. The van der Waals surface area contributed by atoms with Crippen LogP contribution in [0.4, 0.5) is 0 Å². The Labute approximate surface area is 581 Å². The molecule has 1 heterocycles. The van der Waals surface area contributed by atoms with Crippen LogP contribution in [0.2, 0.25) is 0 Å². The summed E-state index contributed by atoms with van der Waals surface area (Å²) >= 11 is 0. The molecule has 0 aliphatic rings. The lowest BCUT2D eigenvalue weighted by molar-refractivity contribution is -0.141. The third-order valence-electron chi connectivity index (χ3n) is 17.1. The predicted molar refractivity (Wildman–Crippen MR) is 371 cm³/mol. The highest BCUT2D eigenvalue weighted by molar-refractivity contribution is 5.99. The van der Waals surface area contributed by atoms with Crippen LogP contribution in [0.25, 0.3) is 10.9 Å². The molecule has 0 fully saturated rings. The van der Waals surface area contributed by atoms with E-state index in [1.807, 2.05) is 13.8 Å². The van der Waals surface area contributed by atoms with Crippen LogP contribution in [-0.4, -0.2) is 179 Å². The van der Waals surface area contributed by atoms with Crippen LogP contribution in [0.15, 0.2) is 91.1 Å². The highest BCUT2D eigenvalue weighted by atomic mass is 16.4. The lowest BCUT2D eigenvalue weighted by Crippen LogP contribution is -2.60. The average Bonchev–Trinajstić information content (AvgIpc) is 1.60. The van der Waals surface area contributed by atoms with Gasteiger partial charge in [-0.2, -0.15) is 0 Å². The summed E-state index contributed by atoms with van der Waals surface area (Å²) in [5, 5.41) is 41.0. The molecule has 13 amide bonds. The van der Waals surface area contributed by atoms with Gasteiger partial charge in [0.1, 0.15) is 54.4 Å². The maximum absolute atomic E-state index is 14.4. The molecule has 546 valence electrons. The zero-order valence-corrected chi connectivity index (χ0v) is 58.0. The Bertz CT molecular complexity index is 3450. The fraction of sp³-hybridized carbons (Fsp3) is 0.507. The standard InChI is InChI=1S/C69H100N16O15/c1-9-38(4)57(72)66(96)83-49(30-43-22-14-12-15-23-43)62(92)75-35-54(87)77-42(8)61(91)84-58(39(5)10-2)67(97)78-41(7)60(90)74-36-55(88)79-50(31-44-24-16-13-17-25-44)65(95)85-59(40(6)11-3)68(98)81-48(28-20-21-29-70)64(94)82-51(33-53(71)86)63(93)76-37-56(89)80-52(69(99)100)32-45-34-73-47-27-19-18-26-46(45)47/h12-19,22-27,34,38-42,48-52,57-59,73H,9-11,20-21,28-33,35-37,70,72H2,1-8H3,(H2,71,86)(H,74,90)(H,75,92)(H,76,93)(H,77,87)(H,78,97)(H,79,88)(H,80,89)(H,81,98)(H,82,94)(H,83,96)(H,84,91)(H,85,95)(H,99,100)/t38-,39-,40-,41-,42-,48-,49-,50-,51-,52-,57-,58-,59-/m0/s1. The van der Waals surface area contributed by atoms with Crippen LogP contribution in [0.1, 0.15) is 117 Å². The number of carbonyl (C=O) groups excluding carboxylic acids is 13. The molecular weight excluding hydrogens is 1290 g/mol. The molecule has 3 aromatic carbocycles. The number of carbonyl (C=O) groups is 14. The second kappa shape index (κ2) is 41.8. The average molecular weight is 1390 g/mol. The third-order valence-corrected chi connectivity index (χ3v) is 17.1. The van der Waals surface area contributed by atoms with E-state index in [0.29, 0.717) is 36.8 Å². The van der Waals surface area contributed by atoms with Gasteiger partial charge in [-0.05, 0) is 80.2 Å². The topological polar surface area (TPSA) is 497 Å². The van der Waals surface area contributed by atoms with Gasteiger partial charge < -0.3 is 91.1 Å². The van der Waals surface area contributed by atoms with Gasteiger partial charge in [-0.25, -0.2) is 4.79 Å². The maximum Gasteiger partial charge on any atom is 0.326 e. The van der Waals surface area contributed by atoms with Crippen molar-refractivity contribution in [1.29, 1.82) is 0 Å². The first-order valence-corrected chi connectivity index (χ1v) is 33.6. The van der Waals surface area contributed by atoms with Crippen LogP contribution in [-0.2, 0) is 86.4 Å². The van der Waals surface area contributed by atoms with Crippen LogP contribution in [0.5, 0.6) is 0 Å². The van der Waals surface area contributed by atoms with Gasteiger partial charge in [-0.15, -0.1) is 0 Å². The molecule has 0 aliphatic heterocycles. The van der Waals surface area contributed by atoms with Crippen molar-refractivity contribution in [2.45, 2.75) is 180 Å². The Morgan fingerprint density at radius 3 is 1.41 bits per heavy atom. The molecule has 0 saturated heterocycles. The first-order valence-electron chi connectivity index (χ1n) is 33.6. The second-order valence-corrected chi connectivity index (χ2v) is 25.0. The summed E-state index contributed by atoms with van der Waals surface area (Å²) < 4.78 is 0. The number of nitrogens with two attached hydrogens (primary N) is 3. The number of primary amides is 1. The lowest BCUT2D eigenvalue weighted by Gasteiger charge is -2.29. The number of benzene rings is 3. The molecule has 0 aliphatic carbocycles. The van der Waals surface area contributed by atoms with Gasteiger partial charge in [0.2, 0.25) is 76.8 Å². The number of carboxylic acid groups (broad SMARTS) is 1. The summed E-state index contributed by atoms with van der Waals surface area (Å²) in [7, 11) is 0. The smallest absolute Gasteiger partial charge is 0.326 e. The molecule has 1 aromatic heterocycles. The van der Waals surface area contributed by atoms with Crippen LogP contribution < -0.4 is 81.0 Å².